The van der Waals surface area contributed by atoms with Crippen molar-refractivity contribution in [2.24, 2.45) is 0 Å². The molecule has 0 radical (unpaired) electrons. The van der Waals surface area contributed by atoms with Crippen molar-refractivity contribution in [3.8, 4) is 5.75 Å². The second kappa shape index (κ2) is 7.01. The molecule has 3 heteroatoms. The lowest BCUT2D eigenvalue weighted by atomic mass is 10.1. The van der Waals surface area contributed by atoms with Crippen LogP contribution in [0.4, 0.5) is 0 Å². The second-order valence-corrected chi connectivity index (χ2v) is 3.49. The standard InChI is InChI=1S/C13H18O3/c1-3-9-16-10-8-12(14)11-6-4-5-7-13(11)15-2/h4-7H,3,8-10H2,1-2H3. The van der Waals surface area contributed by atoms with Crippen LogP contribution in [0.3, 0.4) is 0 Å². The van der Waals surface area contributed by atoms with Crippen molar-refractivity contribution in [3.05, 3.63) is 29.8 Å². The van der Waals surface area contributed by atoms with Crippen LogP contribution in [0, 0.1) is 0 Å². The number of benzene rings is 1. The van der Waals surface area contributed by atoms with Gasteiger partial charge in [-0.25, -0.2) is 0 Å². The third-order valence-corrected chi connectivity index (χ3v) is 2.23. The second-order valence-electron chi connectivity index (χ2n) is 3.49. The molecular formula is C13H18O3. The first kappa shape index (κ1) is 12.7. The number of carbonyl (C=O) groups excluding carboxylic acids is 1. The van der Waals surface area contributed by atoms with Crippen LogP contribution in [0.25, 0.3) is 0 Å². The highest BCUT2D eigenvalue weighted by Crippen LogP contribution is 2.18. The molecule has 1 aromatic rings. The molecule has 0 aliphatic heterocycles. The van der Waals surface area contributed by atoms with Crippen LogP contribution in [0.15, 0.2) is 24.3 Å². The van der Waals surface area contributed by atoms with Crippen molar-refractivity contribution >= 4 is 5.78 Å². The Labute approximate surface area is 96.4 Å². The molecule has 0 bridgehead atoms. The minimum absolute atomic E-state index is 0.0635. The number of hydrogen-bond donors (Lipinski definition) is 0. The molecule has 0 aromatic heterocycles. The molecule has 16 heavy (non-hydrogen) atoms. The summed E-state index contributed by atoms with van der Waals surface area (Å²) in [5.41, 5.74) is 0.630. The number of ketones is 1. The number of para-hydroxylation sites is 1. The molecule has 0 unspecified atom stereocenters. The van der Waals surface area contributed by atoms with E-state index >= 15 is 0 Å². The fraction of sp³-hybridized carbons (Fsp3) is 0.462. The van der Waals surface area contributed by atoms with Gasteiger partial charge in [0.2, 0.25) is 0 Å². The fourth-order valence-electron chi connectivity index (χ4n) is 1.42. The van der Waals surface area contributed by atoms with E-state index in [1.807, 2.05) is 19.1 Å². The van der Waals surface area contributed by atoms with E-state index in [1.165, 1.54) is 0 Å². The minimum atomic E-state index is 0.0635. The van der Waals surface area contributed by atoms with Crippen molar-refractivity contribution in [1.82, 2.24) is 0 Å². The summed E-state index contributed by atoms with van der Waals surface area (Å²) in [4.78, 5) is 11.8. The number of methoxy groups -OCH3 is 1. The molecule has 0 atom stereocenters. The molecule has 3 nitrogen and oxygen atoms in total. The summed E-state index contributed by atoms with van der Waals surface area (Å²) in [5, 5.41) is 0. The van der Waals surface area contributed by atoms with E-state index in [0.29, 0.717) is 30.9 Å². The zero-order chi connectivity index (χ0) is 11.8. The Hall–Kier alpha value is -1.35. The monoisotopic (exact) mass is 222 g/mol. The summed E-state index contributed by atoms with van der Waals surface area (Å²) < 4.78 is 10.4. The van der Waals surface area contributed by atoms with Gasteiger partial charge in [-0.1, -0.05) is 19.1 Å². The fourth-order valence-corrected chi connectivity index (χ4v) is 1.42. The zero-order valence-corrected chi connectivity index (χ0v) is 9.86. The molecular weight excluding hydrogens is 204 g/mol. The Balaban J connectivity index is 2.52. The lowest BCUT2D eigenvalue weighted by Gasteiger charge is -2.07. The maximum absolute atomic E-state index is 11.8. The summed E-state index contributed by atoms with van der Waals surface area (Å²) in [7, 11) is 1.57. The largest absolute Gasteiger partial charge is 0.496 e. The van der Waals surface area contributed by atoms with Gasteiger partial charge in [0.05, 0.1) is 19.3 Å². The molecule has 0 amide bonds. The maximum Gasteiger partial charge on any atom is 0.168 e. The lowest BCUT2D eigenvalue weighted by Crippen LogP contribution is -2.06. The van der Waals surface area contributed by atoms with Gasteiger partial charge < -0.3 is 9.47 Å². The molecule has 0 saturated heterocycles. The summed E-state index contributed by atoms with van der Waals surface area (Å²) in [6.07, 6.45) is 1.38. The molecule has 1 aromatic carbocycles. The van der Waals surface area contributed by atoms with E-state index < -0.39 is 0 Å². The number of carbonyl (C=O) groups is 1. The Kier molecular flexibility index (Phi) is 5.57. The molecule has 0 aliphatic carbocycles. The van der Waals surface area contributed by atoms with E-state index in [1.54, 1.807) is 19.2 Å². The van der Waals surface area contributed by atoms with Gasteiger partial charge in [0.25, 0.3) is 0 Å². The molecule has 0 N–H and O–H groups in total. The predicted octanol–water partition coefficient (Wildman–Crippen LogP) is 2.69. The Morgan fingerprint density at radius 2 is 2.00 bits per heavy atom. The molecule has 1 rings (SSSR count). The van der Waals surface area contributed by atoms with Gasteiger partial charge >= 0.3 is 0 Å². The Morgan fingerprint density at radius 3 is 2.69 bits per heavy atom. The molecule has 0 aliphatic rings. The van der Waals surface area contributed by atoms with Crippen molar-refractivity contribution in [1.29, 1.82) is 0 Å². The van der Waals surface area contributed by atoms with Crippen molar-refractivity contribution in [3.63, 3.8) is 0 Å². The topological polar surface area (TPSA) is 35.5 Å². The average Bonchev–Trinajstić information content (AvgIpc) is 2.34. The van der Waals surface area contributed by atoms with Crippen molar-refractivity contribution in [2.45, 2.75) is 19.8 Å². The SMILES string of the molecule is CCCOCCC(=O)c1ccccc1OC. The van der Waals surface area contributed by atoms with Crippen LogP contribution in [0.5, 0.6) is 5.75 Å². The summed E-state index contributed by atoms with van der Waals surface area (Å²) in [6.45, 7) is 3.23. The highest BCUT2D eigenvalue weighted by Gasteiger charge is 2.10. The minimum Gasteiger partial charge on any atom is -0.496 e. The molecule has 0 heterocycles. The third-order valence-electron chi connectivity index (χ3n) is 2.23. The first-order valence-electron chi connectivity index (χ1n) is 5.53. The van der Waals surface area contributed by atoms with Crippen LogP contribution in [-0.4, -0.2) is 26.1 Å². The summed E-state index contributed by atoms with van der Waals surface area (Å²) in [6, 6.07) is 7.26. The average molecular weight is 222 g/mol. The first-order chi connectivity index (χ1) is 7.79. The van der Waals surface area contributed by atoms with Crippen LogP contribution in [0.2, 0.25) is 0 Å². The number of ether oxygens (including phenoxy) is 2. The molecule has 0 saturated carbocycles. The zero-order valence-electron chi connectivity index (χ0n) is 9.86. The van der Waals surface area contributed by atoms with Gasteiger partial charge in [-0.3, -0.25) is 4.79 Å². The smallest absolute Gasteiger partial charge is 0.168 e. The van der Waals surface area contributed by atoms with Gasteiger partial charge in [-0.15, -0.1) is 0 Å². The van der Waals surface area contributed by atoms with Crippen LogP contribution < -0.4 is 4.74 Å². The first-order valence-corrected chi connectivity index (χ1v) is 5.53. The Morgan fingerprint density at radius 1 is 1.25 bits per heavy atom. The Bertz CT molecular complexity index is 334. The van der Waals surface area contributed by atoms with Gasteiger partial charge in [-0.2, -0.15) is 0 Å². The lowest BCUT2D eigenvalue weighted by molar-refractivity contribution is 0.0876. The highest BCUT2D eigenvalue weighted by molar-refractivity contribution is 5.98. The summed E-state index contributed by atoms with van der Waals surface area (Å²) >= 11 is 0. The highest BCUT2D eigenvalue weighted by atomic mass is 16.5. The van der Waals surface area contributed by atoms with Crippen LogP contribution in [0.1, 0.15) is 30.1 Å². The summed E-state index contributed by atoms with van der Waals surface area (Å²) in [5.74, 6) is 0.691. The van der Waals surface area contributed by atoms with Gasteiger partial charge in [0.1, 0.15) is 5.75 Å². The third kappa shape index (κ3) is 3.66. The number of Topliss-reactive ketones (excluding diaryl/α,β-unsaturated/α-hetero) is 1. The predicted molar refractivity (Wildman–Crippen MR) is 63.1 cm³/mol. The van der Waals surface area contributed by atoms with Gasteiger partial charge in [0, 0.05) is 13.0 Å². The van der Waals surface area contributed by atoms with E-state index in [4.69, 9.17) is 9.47 Å². The quantitative estimate of drug-likeness (QED) is 0.525. The van der Waals surface area contributed by atoms with Crippen LogP contribution >= 0.6 is 0 Å². The maximum atomic E-state index is 11.8. The number of hydrogen-bond acceptors (Lipinski definition) is 3. The molecule has 0 fully saturated rings. The number of rotatable bonds is 7. The van der Waals surface area contributed by atoms with Crippen molar-refractivity contribution in [2.75, 3.05) is 20.3 Å². The van der Waals surface area contributed by atoms with E-state index in [-0.39, 0.29) is 5.78 Å². The van der Waals surface area contributed by atoms with E-state index in [0.717, 1.165) is 6.42 Å². The van der Waals surface area contributed by atoms with Crippen LogP contribution in [-0.2, 0) is 4.74 Å². The van der Waals surface area contributed by atoms with Gasteiger partial charge in [0.15, 0.2) is 5.78 Å². The van der Waals surface area contributed by atoms with E-state index in [2.05, 4.69) is 0 Å². The molecule has 88 valence electrons. The normalized spacial score (nSPS) is 10.1. The molecule has 0 spiro atoms. The van der Waals surface area contributed by atoms with Crippen molar-refractivity contribution < 1.29 is 14.3 Å². The van der Waals surface area contributed by atoms with E-state index in [9.17, 15) is 4.79 Å². The van der Waals surface area contributed by atoms with Gasteiger partial charge in [-0.05, 0) is 18.6 Å².